The SMILES string of the molecule is CC(N)(C(=O)O)C1(c2ccccc2C(F)(F)F)CC1. The maximum atomic E-state index is 13.0. The molecule has 1 aliphatic carbocycles. The van der Waals surface area contributed by atoms with Gasteiger partial charge in [-0.05, 0) is 31.4 Å². The Kier molecular flexibility index (Phi) is 2.89. The predicted octanol–water partition coefficient (Wildman–Crippen LogP) is 2.54. The van der Waals surface area contributed by atoms with Crippen molar-refractivity contribution in [1.82, 2.24) is 0 Å². The molecule has 6 heteroatoms. The van der Waals surface area contributed by atoms with Crippen molar-refractivity contribution in [3.63, 3.8) is 0 Å². The summed E-state index contributed by atoms with van der Waals surface area (Å²) in [7, 11) is 0. The lowest BCUT2D eigenvalue weighted by molar-refractivity contribution is -0.145. The maximum Gasteiger partial charge on any atom is 0.416 e. The third-order valence-electron chi connectivity index (χ3n) is 3.94. The van der Waals surface area contributed by atoms with Gasteiger partial charge in [0.2, 0.25) is 0 Å². The van der Waals surface area contributed by atoms with Gasteiger partial charge in [-0.1, -0.05) is 18.2 Å². The lowest BCUT2D eigenvalue weighted by Crippen LogP contribution is -2.55. The second-order valence-electron chi connectivity index (χ2n) is 5.13. The van der Waals surface area contributed by atoms with E-state index in [1.165, 1.54) is 25.1 Å². The van der Waals surface area contributed by atoms with Crippen molar-refractivity contribution >= 4 is 5.97 Å². The van der Waals surface area contributed by atoms with Crippen molar-refractivity contribution in [2.75, 3.05) is 0 Å². The molecule has 0 heterocycles. The summed E-state index contributed by atoms with van der Waals surface area (Å²) in [5.74, 6) is -1.29. The Balaban J connectivity index is 2.58. The van der Waals surface area contributed by atoms with E-state index in [0.717, 1.165) is 6.07 Å². The molecule has 19 heavy (non-hydrogen) atoms. The lowest BCUT2D eigenvalue weighted by atomic mass is 9.76. The van der Waals surface area contributed by atoms with Gasteiger partial charge in [0.15, 0.2) is 0 Å². The largest absolute Gasteiger partial charge is 0.480 e. The molecule has 1 aromatic rings. The Morgan fingerprint density at radius 3 is 2.26 bits per heavy atom. The molecule has 3 nitrogen and oxygen atoms in total. The third-order valence-corrected chi connectivity index (χ3v) is 3.94. The first kappa shape index (κ1) is 13.9. The van der Waals surface area contributed by atoms with Crippen LogP contribution in [0.5, 0.6) is 0 Å². The number of carbonyl (C=O) groups is 1. The fourth-order valence-electron chi connectivity index (χ4n) is 2.55. The van der Waals surface area contributed by atoms with E-state index in [-0.39, 0.29) is 5.56 Å². The van der Waals surface area contributed by atoms with E-state index in [2.05, 4.69) is 0 Å². The standard InChI is InChI=1S/C13H14F3NO2/c1-11(17,10(18)19)12(6-7-12)8-4-2-3-5-9(8)13(14,15)16/h2-5H,6-7,17H2,1H3,(H,18,19). The van der Waals surface area contributed by atoms with Crippen LogP contribution in [0.25, 0.3) is 0 Å². The number of hydrogen-bond acceptors (Lipinski definition) is 2. The van der Waals surface area contributed by atoms with Crippen LogP contribution in [-0.4, -0.2) is 16.6 Å². The molecule has 1 atom stereocenters. The van der Waals surface area contributed by atoms with Gasteiger partial charge in [0, 0.05) is 5.41 Å². The van der Waals surface area contributed by atoms with E-state index >= 15 is 0 Å². The van der Waals surface area contributed by atoms with Crippen LogP contribution >= 0.6 is 0 Å². The summed E-state index contributed by atoms with van der Waals surface area (Å²) in [5, 5.41) is 9.17. The topological polar surface area (TPSA) is 63.3 Å². The molecule has 0 radical (unpaired) electrons. The summed E-state index contributed by atoms with van der Waals surface area (Å²) >= 11 is 0. The molecule has 0 aliphatic heterocycles. The van der Waals surface area contributed by atoms with E-state index in [1.807, 2.05) is 0 Å². The fraction of sp³-hybridized carbons (Fsp3) is 0.462. The van der Waals surface area contributed by atoms with Crippen LogP contribution in [-0.2, 0) is 16.4 Å². The molecule has 1 unspecified atom stereocenters. The zero-order valence-electron chi connectivity index (χ0n) is 10.3. The van der Waals surface area contributed by atoms with E-state index in [9.17, 15) is 18.0 Å². The van der Waals surface area contributed by atoms with E-state index in [4.69, 9.17) is 10.8 Å². The van der Waals surface area contributed by atoms with Crippen molar-refractivity contribution in [2.45, 2.75) is 36.9 Å². The molecule has 0 amide bonds. The highest BCUT2D eigenvalue weighted by Gasteiger charge is 2.62. The van der Waals surface area contributed by atoms with Crippen molar-refractivity contribution in [2.24, 2.45) is 5.73 Å². The van der Waals surface area contributed by atoms with Gasteiger partial charge in [0.25, 0.3) is 0 Å². The van der Waals surface area contributed by atoms with Gasteiger partial charge in [-0.25, -0.2) is 0 Å². The van der Waals surface area contributed by atoms with Crippen molar-refractivity contribution < 1.29 is 23.1 Å². The molecule has 1 fully saturated rings. The Morgan fingerprint density at radius 1 is 1.32 bits per heavy atom. The number of hydrogen-bond donors (Lipinski definition) is 2. The van der Waals surface area contributed by atoms with Crippen LogP contribution in [0.1, 0.15) is 30.9 Å². The quantitative estimate of drug-likeness (QED) is 0.889. The molecule has 1 aromatic carbocycles. The average molecular weight is 273 g/mol. The summed E-state index contributed by atoms with van der Waals surface area (Å²) in [6.07, 6.45) is -3.82. The van der Waals surface area contributed by atoms with Gasteiger partial charge in [-0.2, -0.15) is 13.2 Å². The number of nitrogens with two attached hydrogens (primary N) is 1. The molecule has 1 aliphatic rings. The van der Waals surface area contributed by atoms with Crippen LogP contribution < -0.4 is 5.73 Å². The molecule has 3 N–H and O–H groups in total. The molecular formula is C13H14F3NO2. The summed E-state index contributed by atoms with van der Waals surface area (Å²) in [6.45, 7) is 1.27. The highest BCUT2D eigenvalue weighted by atomic mass is 19.4. The average Bonchev–Trinajstić information content (AvgIpc) is 3.09. The first-order chi connectivity index (χ1) is 8.63. The summed E-state index contributed by atoms with van der Waals surface area (Å²) in [5.41, 5.74) is 2.11. The van der Waals surface area contributed by atoms with Crippen LogP contribution in [0.2, 0.25) is 0 Å². The zero-order chi connectivity index (χ0) is 14.5. The zero-order valence-corrected chi connectivity index (χ0v) is 10.3. The highest BCUT2D eigenvalue weighted by molar-refractivity contribution is 5.82. The fourth-order valence-corrected chi connectivity index (χ4v) is 2.55. The Morgan fingerprint density at radius 2 is 1.84 bits per heavy atom. The monoisotopic (exact) mass is 273 g/mol. The van der Waals surface area contributed by atoms with E-state index < -0.39 is 28.7 Å². The van der Waals surface area contributed by atoms with Crippen molar-refractivity contribution in [3.8, 4) is 0 Å². The first-order valence-corrected chi connectivity index (χ1v) is 5.82. The molecule has 2 rings (SSSR count). The summed E-state index contributed by atoms with van der Waals surface area (Å²) < 4.78 is 39.0. The third kappa shape index (κ3) is 2.00. The van der Waals surface area contributed by atoms with E-state index in [0.29, 0.717) is 12.8 Å². The number of benzene rings is 1. The van der Waals surface area contributed by atoms with Gasteiger partial charge in [0.1, 0.15) is 5.54 Å². The number of rotatable bonds is 3. The number of carboxylic acids is 1. The molecule has 0 bridgehead atoms. The lowest BCUT2D eigenvalue weighted by Gasteiger charge is -2.32. The minimum absolute atomic E-state index is 0.0186. The predicted molar refractivity (Wildman–Crippen MR) is 62.6 cm³/mol. The van der Waals surface area contributed by atoms with Crippen molar-refractivity contribution in [3.05, 3.63) is 35.4 Å². The van der Waals surface area contributed by atoms with Gasteiger partial charge < -0.3 is 10.8 Å². The van der Waals surface area contributed by atoms with Gasteiger partial charge in [-0.3, -0.25) is 4.79 Å². The molecule has 1 saturated carbocycles. The first-order valence-electron chi connectivity index (χ1n) is 5.82. The van der Waals surface area contributed by atoms with Gasteiger partial charge in [-0.15, -0.1) is 0 Å². The molecule has 0 saturated heterocycles. The highest BCUT2D eigenvalue weighted by Crippen LogP contribution is 2.57. The minimum atomic E-state index is -4.51. The van der Waals surface area contributed by atoms with Crippen LogP contribution in [0.4, 0.5) is 13.2 Å². The minimum Gasteiger partial charge on any atom is -0.480 e. The summed E-state index contributed by atoms with van der Waals surface area (Å²) in [4.78, 5) is 11.2. The number of carboxylic acid groups (broad SMARTS) is 1. The molecule has 0 aromatic heterocycles. The van der Waals surface area contributed by atoms with Gasteiger partial charge in [0.05, 0.1) is 5.56 Å². The van der Waals surface area contributed by atoms with Crippen LogP contribution in [0.3, 0.4) is 0 Å². The van der Waals surface area contributed by atoms with Crippen LogP contribution in [0.15, 0.2) is 24.3 Å². The summed E-state index contributed by atoms with van der Waals surface area (Å²) in [6, 6.07) is 5.05. The normalized spacial score (nSPS) is 20.7. The maximum absolute atomic E-state index is 13.0. The second kappa shape index (κ2) is 3.96. The smallest absolute Gasteiger partial charge is 0.416 e. The number of alkyl halides is 3. The molecular weight excluding hydrogens is 259 g/mol. The van der Waals surface area contributed by atoms with Crippen LogP contribution in [0, 0.1) is 0 Å². The van der Waals surface area contributed by atoms with Gasteiger partial charge >= 0.3 is 12.1 Å². The Labute approximate surface area is 108 Å². The van der Waals surface area contributed by atoms with Crippen molar-refractivity contribution in [1.29, 1.82) is 0 Å². The molecule has 104 valence electrons. The Bertz CT molecular complexity index is 519. The Hall–Kier alpha value is -1.56. The molecule has 0 spiro atoms. The second-order valence-corrected chi connectivity index (χ2v) is 5.13. The number of halogens is 3. The number of aliphatic carboxylic acids is 1. The van der Waals surface area contributed by atoms with E-state index in [1.54, 1.807) is 0 Å².